The summed E-state index contributed by atoms with van der Waals surface area (Å²) in [5.41, 5.74) is -0.361. The summed E-state index contributed by atoms with van der Waals surface area (Å²) in [4.78, 5) is 17.2. The number of sulfonamides is 1. The fourth-order valence-electron chi connectivity index (χ4n) is 5.38. The number of rotatable bonds is 7. The number of carbonyl (C=O) groups excluding carboxylic acids is 1. The van der Waals surface area contributed by atoms with Gasteiger partial charge in [-0.2, -0.15) is 0 Å². The van der Waals surface area contributed by atoms with E-state index in [0.717, 1.165) is 12.0 Å². The molecule has 2 aliphatic carbocycles. The number of aromatic nitrogens is 2. The van der Waals surface area contributed by atoms with Crippen molar-refractivity contribution in [2.75, 3.05) is 12.9 Å². The monoisotopic (exact) mass is 431 g/mol. The van der Waals surface area contributed by atoms with Crippen molar-refractivity contribution in [2.45, 2.75) is 39.2 Å². The summed E-state index contributed by atoms with van der Waals surface area (Å²) in [5.74, 6) is 1.45. The molecular weight excluding hydrogens is 402 g/mol. The maximum atomic E-state index is 13.4. The van der Waals surface area contributed by atoms with E-state index >= 15 is 0 Å². The Morgan fingerprint density at radius 3 is 2.50 bits per heavy atom. The third-order valence-electron chi connectivity index (χ3n) is 7.44. The van der Waals surface area contributed by atoms with Crippen molar-refractivity contribution < 1.29 is 17.9 Å². The largest absolute Gasteiger partial charge is 0.497 e. The molecule has 0 saturated heterocycles. The lowest BCUT2D eigenvalue weighted by Crippen LogP contribution is -2.46. The van der Waals surface area contributed by atoms with E-state index in [9.17, 15) is 13.2 Å². The lowest BCUT2D eigenvalue weighted by atomic mass is 9.70. The molecule has 0 aliphatic heterocycles. The Hall–Kier alpha value is -2.19. The topological polar surface area (TPSA) is 90.3 Å². The van der Waals surface area contributed by atoms with E-state index in [-0.39, 0.29) is 22.9 Å². The molecule has 2 aliphatic rings. The van der Waals surface area contributed by atoms with Crippen molar-refractivity contribution in [3.05, 3.63) is 48.0 Å². The predicted molar refractivity (Wildman–Crippen MR) is 114 cm³/mol. The van der Waals surface area contributed by atoms with Crippen molar-refractivity contribution in [1.29, 1.82) is 0 Å². The predicted octanol–water partition coefficient (Wildman–Crippen LogP) is 2.83. The van der Waals surface area contributed by atoms with Crippen molar-refractivity contribution in [3.8, 4) is 5.75 Å². The van der Waals surface area contributed by atoms with Gasteiger partial charge in [-0.25, -0.2) is 18.1 Å². The van der Waals surface area contributed by atoms with Gasteiger partial charge in [0.25, 0.3) is 0 Å². The summed E-state index contributed by atoms with van der Waals surface area (Å²) in [7, 11) is -0.358. The van der Waals surface area contributed by atoms with Crippen LogP contribution in [0.1, 0.15) is 50.5 Å². The highest BCUT2D eigenvalue weighted by molar-refractivity contribution is 7.89. The lowest BCUT2D eigenvalue weighted by Gasteiger charge is -2.36. The molecule has 3 atom stereocenters. The maximum Gasteiger partial charge on any atom is 0.213 e. The van der Waals surface area contributed by atoms with E-state index in [1.807, 2.05) is 33.0 Å². The summed E-state index contributed by atoms with van der Waals surface area (Å²) in [6, 6.07) is 6.59. The molecule has 2 fully saturated rings. The number of carbonyl (C=O) groups is 1. The van der Waals surface area contributed by atoms with Gasteiger partial charge in [-0.15, -0.1) is 0 Å². The van der Waals surface area contributed by atoms with Gasteiger partial charge in [0.15, 0.2) is 0 Å². The zero-order valence-corrected chi connectivity index (χ0v) is 18.7. The number of ether oxygens (including phenoxy) is 1. The van der Waals surface area contributed by atoms with Gasteiger partial charge >= 0.3 is 0 Å². The molecule has 1 aromatic heterocycles. The van der Waals surface area contributed by atoms with Crippen LogP contribution >= 0.6 is 0 Å². The summed E-state index contributed by atoms with van der Waals surface area (Å²) in [5, 5.41) is 0. The third kappa shape index (κ3) is 3.26. The van der Waals surface area contributed by atoms with Gasteiger partial charge in [0.05, 0.1) is 12.9 Å². The molecule has 1 N–H and O–H groups in total. The first-order valence-electron chi connectivity index (χ1n) is 10.2. The van der Waals surface area contributed by atoms with Crippen LogP contribution in [0.3, 0.4) is 0 Å². The fraction of sp³-hybridized carbons (Fsp3) is 0.545. The van der Waals surface area contributed by atoms with Crippen LogP contribution in [-0.4, -0.2) is 36.6 Å². The lowest BCUT2D eigenvalue weighted by molar-refractivity contribution is -0.128. The number of hydrogen-bond donors (Lipinski definition) is 1. The Bertz CT molecular complexity index is 1060. The molecule has 2 saturated carbocycles. The molecule has 30 heavy (non-hydrogen) atoms. The maximum absolute atomic E-state index is 13.4. The molecular formula is C22H29N3O4S. The first kappa shape index (κ1) is 21.1. The van der Waals surface area contributed by atoms with Crippen LogP contribution < -0.4 is 9.46 Å². The number of fused-ring (bicyclic) bond motifs is 2. The van der Waals surface area contributed by atoms with Gasteiger partial charge in [0.1, 0.15) is 23.4 Å². The Labute approximate surface area is 177 Å². The zero-order valence-electron chi connectivity index (χ0n) is 17.9. The quantitative estimate of drug-likeness (QED) is 0.728. The van der Waals surface area contributed by atoms with Crippen LogP contribution in [0.2, 0.25) is 0 Å². The minimum atomic E-state index is -3.77. The average Bonchev–Trinajstić information content (AvgIpc) is 3.27. The summed E-state index contributed by atoms with van der Waals surface area (Å²) in [6.45, 7) is 4.09. The van der Waals surface area contributed by atoms with Gasteiger partial charge in [0, 0.05) is 31.3 Å². The van der Waals surface area contributed by atoms with Gasteiger partial charge in [-0.1, -0.05) is 26.0 Å². The Morgan fingerprint density at radius 2 is 2.00 bits per heavy atom. The van der Waals surface area contributed by atoms with Crippen LogP contribution in [0.4, 0.5) is 0 Å². The van der Waals surface area contributed by atoms with Gasteiger partial charge in [-0.3, -0.25) is 4.79 Å². The number of benzene rings is 1. The molecule has 1 aromatic carbocycles. The van der Waals surface area contributed by atoms with Crippen LogP contribution in [-0.2, 0) is 21.9 Å². The average molecular weight is 432 g/mol. The number of aryl methyl sites for hydroxylation is 1. The standard InChI is InChI=1S/C22H29N3O4S/c1-21(2)16-9-10-22(21,18(26)13-16)14-30(27,28)24-19(20-23-11-12-25(20)3)15-5-7-17(29-4)8-6-15/h5-8,11-12,16,19,24H,9-10,13-14H2,1-4H3. The smallest absolute Gasteiger partial charge is 0.213 e. The molecule has 1 heterocycles. The van der Waals surface area contributed by atoms with Crippen molar-refractivity contribution in [2.24, 2.45) is 23.8 Å². The highest BCUT2D eigenvalue weighted by Gasteiger charge is 2.65. The minimum absolute atomic E-state index is 0.0899. The van der Waals surface area contributed by atoms with E-state index in [1.165, 1.54) is 0 Å². The highest BCUT2D eigenvalue weighted by atomic mass is 32.2. The van der Waals surface area contributed by atoms with Crippen LogP contribution in [0.15, 0.2) is 36.7 Å². The van der Waals surface area contributed by atoms with E-state index in [1.54, 1.807) is 36.2 Å². The summed E-state index contributed by atoms with van der Waals surface area (Å²) < 4.78 is 36.7. The Kier molecular flexibility index (Phi) is 5.05. The molecule has 4 rings (SSSR count). The number of imidazole rings is 1. The van der Waals surface area contributed by atoms with Gasteiger partial charge < -0.3 is 9.30 Å². The molecule has 162 valence electrons. The molecule has 3 unspecified atom stereocenters. The summed E-state index contributed by atoms with van der Waals surface area (Å²) in [6.07, 6.45) is 5.47. The number of methoxy groups -OCH3 is 1. The number of hydrogen-bond acceptors (Lipinski definition) is 5. The zero-order chi connectivity index (χ0) is 21.7. The molecule has 2 bridgehead atoms. The second-order valence-electron chi connectivity index (χ2n) is 9.15. The van der Waals surface area contributed by atoms with Gasteiger partial charge in [0.2, 0.25) is 10.0 Å². The molecule has 2 aromatic rings. The molecule has 8 heteroatoms. The molecule has 0 spiro atoms. The highest BCUT2D eigenvalue weighted by Crippen LogP contribution is 2.64. The second-order valence-corrected chi connectivity index (χ2v) is 10.9. The Morgan fingerprint density at radius 1 is 1.30 bits per heavy atom. The minimum Gasteiger partial charge on any atom is -0.497 e. The van der Waals surface area contributed by atoms with E-state index in [2.05, 4.69) is 9.71 Å². The molecule has 7 nitrogen and oxygen atoms in total. The number of Topliss-reactive ketones (excluding diaryl/α,β-unsaturated/α-hetero) is 1. The molecule has 0 amide bonds. The van der Waals surface area contributed by atoms with Crippen LogP contribution in [0.5, 0.6) is 5.75 Å². The third-order valence-corrected chi connectivity index (χ3v) is 8.91. The van der Waals surface area contributed by atoms with Crippen LogP contribution in [0, 0.1) is 16.7 Å². The van der Waals surface area contributed by atoms with Crippen LogP contribution in [0.25, 0.3) is 0 Å². The normalized spacial score (nSPS) is 26.1. The SMILES string of the molecule is COc1ccc(C(NS(=O)(=O)CC23CCC(CC2=O)C3(C)C)c2nccn2C)cc1. The second kappa shape index (κ2) is 7.20. The van der Waals surface area contributed by atoms with E-state index in [0.29, 0.717) is 24.4 Å². The fourth-order valence-corrected chi connectivity index (χ4v) is 7.39. The molecule has 0 radical (unpaired) electrons. The Balaban J connectivity index is 1.67. The van der Waals surface area contributed by atoms with Crippen molar-refractivity contribution in [3.63, 3.8) is 0 Å². The summed E-state index contributed by atoms with van der Waals surface area (Å²) >= 11 is 0. The van der Waals surface area contributed by atoms with Crippen molar-refractivity contribution >= 4 is 15.8 Å². The van der Waals surface area contributed by atoms with Crippen molar-refractivity contribution in [1.82, 2.24) is 14.3 Å². The number of nitrogens with one attached hydrogen (secondary N) is 1. The number of nitrogens with zero attached hydrogens (tertiary/aromatic N) is 2. The first-order chi connectivity index (χ1) is 14.1. The number of ketones is 1. The van der Waals surface area contributed by atoms with E-state index < -0.39 is 21.5 Å². The van der Waals surface area contributed by atoms with E-state index in [4.69, 9.17) is 4.74 Å². The first-order valence-corrected chi connectivity index (χ1v) is 11.9. The van der Waals surface area contributed by atoms with Gasteiger partial charge in [-0.05, 0) is 41.9 Å².